The fourth-order valence-corrected chi connectivity index (χ4v) is 1.08. The fraction of sp³-hybridized carbons (Fsp3) is 0. The van der Waals surface area contributed by atoms with Crippen LogP contribution in [0.25, 0.3) is 5.69 Å². The van der Waals surface area contributed by atoms with E-state index in [9.17, 15) is 0 Å². The predicted molar refractivity (Wildman–Crippen MR) is 48.6 cm³/mol. The number of nitrogens with zero attached hydrogens (tertiary/aromatic N) is 3. The van der Waals surface area contributed by atoms with E-state index in [1.165, 1.54) is 0 Å². The zero-order chi connectivity index (χ0) is 8.39. The molecule has 0 bridgehead atoms. The molecule has 12 heavy (non-hydrogen) atoms. The topological polar surface area (TPSA) is 30.7 Å². The summed E-state index contributed by atoms with van der Waals surface area (Å²) in [7, 11) is 0. The van der Waals surface area contributed by atoms with Gasteiger partial charge in [0.25, 0.3) is 0 Å². The molecule has 2 aromatic rings. The summed E-state index contributed by atoms with van der Waals surface area (Å²) >= 11 is 4.18. The Morgan fingerprint density at radius 3 is 2.17 bits per heavy atom. The van der Waals surface area contributed by atoms with Gasteiger partial charge in [0.1, 0.15) is 0 Å². The smallest absolute Gasteiger partial charge is 0.0857 e. The Kier molecular flexibility index (Phi) is 1.83. The van der Waals surface area contributed by atoms with Crippen LogP contribution in [0.15, 0.2) is 41.6 Å². The molecule has 2 rings (SSSR count). The molecule has 60 valence electrons. The van der Waals surface area contributed by atoms with Gasteiger partial charge in [0.2, 0.25) is 0 Å². The summed E-state index contributed by atoms with van der Waals surface area (Å²) in [4.78, 5) is 2.50. The molecule has 0 fully saturated rings. The first-order valence-corrected chi connectivity index (χ1v) is 3.97. The monoisotopic (exact) mass is 177 g/mol. The van der Waals surface area contributed by atoms with Gasteiger partial charge in [-0.15, -0.1) is 12.6 Å². The van der Waals surface area contributed by atoms with Crippen LogP contribution in [0.3, 0.4) is 0 Å². The van der Waals surface area contributed by atoms with Gasteiger partial charge in [-0.3, -0.25) is 0 Å². The second-order valence-corrected chi connectivity index (χ2v) is 2.85. The second-order valence-electron chi connectivity index (χ2n) is 2.33. The number of thiol groups is 1. The highest BCUT2D eigenvalue weighted by atomic mass is 32.1. The summed E-state index contributed by atoms with van der Waals surface area (Å²) in [6.07, 6.45) is 3.29. The van der Waals surface area contributed by atoms with Crippen molar-refractivity contribution in [2.45, 2.75) is 4.90 Å². The van der Waals surface area contributed by atoms with Crippen molar-refractivity contribution < 1.29 is 0 Å². The molecule has 0 atom stereocenters. The third-order valence-electron chi connectivity index (χ3n) is 1.50. The number of hydrogen-bond acceptors (Lipinski definition) is 3. The molecule has 3 nitrogen and oxygen atoms in total. The van der Waals surface area contributed by atoms with Crippen LogP contribution < -0.4 is 0 Å². The maximum atomic E-state index is 4.18. The number of hydrogen-bond donors (Lipinski definition) is 1. The van der Waals surface area contributed by atoms with E-state index in [1.54, 1.807) is 17.2 Å². The van der Waals surface area contributed by atoms with E-state index in [4.69, 9.17) is 0 Å². The van der Waals surface area contributed by atoms with Crippen LogP contribution in [0.2, 0.25) is 0 Å². The van der Waals surface area contributed by atoms with E-state index in [0.717, 1.165) is 10.6 Å². The van der Waals surface area contributed by atoms with Gasteiger partial charge in [0.15, 0.2) is 0 Å². The minimum atomic E-state index is 0.936. The molecule has 0 aliphatic heterocycles. The molecule has 4 heteroatoms. The maximum absolute atomic E-state index is 4.18. The highest BCUT2D eigenvalue weighted by molar-refractivity contribution is 7.80. The first kappa shape index (κ1) is 7.36. The summed E-state index contributed by atoms with van der Waals surface area (Å²) in [5.41, 5.74) is 0.942. The highest BCUT2D eigenvalue weighted by Gasteiger charge is 1.94. The van der Waals surface area contributed by atoms with Crippen molar-refractivity contribution in [3.63, 3.8) is 0 Å². The van der Waals surface area contributed by atoms with Gasteiger partial charge in [-0.05, 0) is 24.3 Å². The quantitative estimate of drug-likeness (QED) is 0.670. The Balaban J connectivity index is 2.43. The average molecular weight is 177 g/mol. The zero-order valence-corrected chi connectivity index (χ0v) is 7.15. The molecule has 0 saturated carbocycles. The minimum Gasteiger partial charge on any atom is -0.157 e. The summed E-state index contributed by atoms with van der Waals surface area (Å²) < 4.78 is 0. The zero-order valence-electron chi connectivity index (χ0n) is 6.25. The lowest BCUT2D eigenvalue weighted by molar-refractivity contribution is 0.751. The largest absolute Gasteiger partial charge is 0.157 e. The van der Waals surface area contributed by atoms with Crippen molar-refractivity contribution in [1.82, 2.24) is 15.0 Å². The van der Waals surface area contributed by atoms with E-state index in [1.807, 2.05) is 24.3 Å². The second kappa shape index (κ2) is 2.98. The summed E-state index contributed by atoms with van der Waals surface area (Å²) in [5.74, 6) is 0. The van der Waals surface area contributed by atoms with Gasteiger partial charge < -0.3 is 0 Å². The van der Waals surface area contributed by atoms with Gasteiger partial charge in [0.05, 0.1) is 18.1 Å². The van der Waals surface area contributed by atoms with Crippen molar-refractivity contribution in [2.75, 3.05) is 0 Å². The molecular formula is C8H7N3S. The molecule has 0 amide bonds. The summed E-state index contributed by atoms with van der Waals surface area (Å²) in [5, 5.41) is 7.99. The molecule has 0 radical (unpaired) electrons. The third kappa shape index (κ3) is 1.33. The van der Waals surface area contributed by atoms with E-state index in [-0.39, 0.29) is 0 Å². The van der Waals surface area contributed by atoms with Crippen molar-refractivity contribution in [1.29, 1.82) is 0 Å². The fourth-order valence-electron chi connectivity index (χ4n) is 0.935. The van der Waals surface area contributed by atoms with Crippen LogP contribution >= 0.6 is 12.6 Å². The van der Waals surface area contributed by atoms with Crippen molar-refractivity contribution in [3.05, 3.63) is 36.7 Å². The van der Waals surface area contributed by atoms with Gasteiger partial charge in [-0.2, -0.15) is 15.0 Å². The molecule has 0 saturated heterocycles. The number of rotatable bonds is 1. The molecule has 1 heterocycles. The van der Waals surface area contributed by atoms with Crippen LogP contribution in [-0.4, -0.2) is 15.0 Å². The van der Waals surface area contributed by atoms with Crippen LogP contribution in [0, 0.1) is 0 Å². The van der Waals surface area contributed by atoms with Crippen molar-refractivity contribution in [2.24, 2.45) is 0 Å². The standard InChI is InChI=1S/C8H7N3S/c12-8-3-1-7(2-4-8)11-9-5-6-10-11/h1-6,12H. The summed E-state index contributed by atoms with van der Waals surface area (Å²) in [6, 6.07) is 7.65. The highest BCUT2D eigenvalue weighted by Crippen LogP contribution is 2.09. The van der Waals surface area contributed by atoms with Crippen LogP contribution in [0.4, 0.5) is 0 Å². The third-order valence-corrected chi connectivity index (χ3v) is 1.80. The van der Waals surface area contributed by atoms with E-state index in [0.29, 0.717) is 0 Å². The SMILES string of the molecule is Sc1ccc(-n2nccn2)cc1. The van der Waals surface area contributed by atoms with Crippen LogP contribution in [0.1, 0.15) is 0 Å². The van der Waals surface area contributed by atoms with Crippen molar-refractivity contribution in [3.8, 4) is 5.69 Å². The lowest BCUT2D eigenvalue weighted by Crippen LogP contribution is -1.97. The first-order chi connectivity index (χ1) is 5.86. The number of benzene rings is 1. The molecule has 0 N–H and O–H groups in total. The van der Waals surface area contributed by atoms with Gasteiger partial charge in [-0.25, -0.2) is 0 Å². The lowest BCUT2D eigenvalue weighted by atomic mass is 10.3. The molecule has 0 aliphatic carbocycles. The van der Waals surface area contributed by atoms with Crippen molar-refractivity contribution >= 4 is 12.6 Å². The van der Waals surface area contributed by atoms with Crippen LogP contribution in [-0.2, 0) is 0 Å². The first-order valence-electron chi connectivity index (χ1n) is 3.52. The maximum Gasteiger partial charge on any atom is 0.0857 e. The lowest BCUT2D eigenvalue weighted by Gasteiger charge is -1.97. The minimum absolute atomic E-state index is 0.936. The molecule has 0 aliphatic rings. The summed E-state index contributed by atoms with van der Waals surface area (Å²) in [6.45, 7) is 0. The van der Waals surface area contributed by atoms with E-state index >= 15 is 0 Å². The molecule has 1 aromatic carbocycles. The number of aromatic nitrogens is 3. The Morgan fingerprint density at radius 2 is 1.58 bits per heavy atom. The van der Waals surface area contributed by atoms with E-state index < -0.39 is 0 Å². The van der Waals surface area contributed by atoms with Gasteiger partial charge >= 0.3 is 0 Å². The average Bonchev–Trinajstić information content (AvgIpc) is 2.58. The molecule has 0 spiro atoms. The molecular weight excluding hydrogens is 170 g/mol. The van der Waals surface area contributed by atoms with Gasteiger partial charge in [0, 0.05) is 4.90 Å². The van der Waals surface area contributed by atoms with Gasteiger partial charge in [-0.1, -0.05) is 0 Å². The Labute approximate surface area is 75.4 Å². The Bertz CT molecular complexity index is 352. The molecule has 1 aromatic heterocycles. The van der Waals surface area contributed by atoms with Crippen LogP contribution in [0.5, 0.6) is 0 Å². The molecule has 0 unspecified atom stereocenters. The Morgan fingerprint density at radius 1 is 1.00 bits per heavy atom. The Hall–Kier alpha value is -1.29. The predicted octanol–water partition coefficient (Wildman–Crippen LogP) is 1.56. The normalized spacial score (nSPS) is 10.1. The van der Waals surface area contributed by atoms with E-state index in [2.05, 4.69) is 22.8 Å².